The van der Waals surface area contributed by atoms with Crippen LogP contribution in [0.25, 0.3) is 0 Å². The molecule has 2 aromatic carbocycles. The smallest absolute Gasteiger partial charge is 0.175 e. The van der Waals surface area contributed by atoms with Crippen molar-refractivity contribution in [3.8, 4) is 0 Å². The van der Waals surface area contributed by atoms with Gasteiger partial charge in [-0.3, -0.25) is 4.79 Å². The van der Waals surface area contributed by atoms with E-state index in [4.69, 9.17) is 0 Å². The second kappa shape index (κ2) is 5.97. The zero-order chi connectivity index (χ0) is 13.8. The van der Waals surface area contributed by atoms with Crippen molar-refractivity contribution < 1.29 is 13.6 Å². The lowest BCUT2D eigenvalue weighted by Gasteiger charge is -2.10. The molecule has 19 heavy (non-hydrogen) atoms. The normalized spacial score (nSPS) is 12.2. The van der Waals surface area contributed by atoms with Crippen molar-refractivity contribution in [3.05, 3.63) is 65.7 Å². The van der Waals surface area contributed by atoms with Crippen LogP contribution in [-0.2, 0) is 0 Å². The van der Waals surface area contributed by atoms with Crippen molar-refractivity contribution in [2.24, 2.45) is 0 Å². The first-order valence-electron chi connectivity index (χ1n) is 5.79. The first kappa shape index (κ1) is 13.7. The number of Topliss-reactive ketones (excluding diaryl/α,β-unsaturated/α-hetero) is 1. The SMILES string of the molecule is CC(Sc1ccccc1)C(=O)c1ccc(F)c(F)c1. The van der Waals surface area contributed by atoms with Crippen LogP contribution in [0.4, 0.5) is 8.78 Å². The van der Waals surface area contributed by atoms with Crippen LogP contribution in [0.15, 0.2) is 53.4 Å². The van der Waals surface area contributed by atoms with Crippen LogP contribution < -0.4 is 0 Å². The van der Waals surface area contributed by atoms with Crippen LogP contribution >= 0.6 is 11.8 Å². The van der Waals surface area contributed by atoms with Crippen LogP contribution in [0.5, 0.6) is 0 Å². The van der Waals surface area contributed by atoms with E-state index in [2.05, 4.69) is 0 Å². The number of carbonyl (C=O) groups is 1. The molecule has 0 N–H and O–H groups in total. The second-order valence-electron chi connectivity index (χ2n) is 4.07. The summed E-state index contributed by atoms with van der Waals surface area (Å²) < 4.78 is 25.9. The van der Waals surface area contributed by atoms with Gasteiger partial charge in [-0.2, -0.15) is 0 Å². The van der Waals surface area contributed by atoms with Gasteiger partial charge in [0.05, 0.1) is 5.25 Å². The number of rotatable bonds is 4. The summed E-state index contributed by atoms with van der Waals surface area (Å²) in [5, 5.41) is -0.354. The molecular weight excluding hydrogens is 266 g/mol. The standard InChI is InChI=1S/C15H12F2OS/c1-10(19-12-5-3-2-4-6-12)15(18)11-7-8-13(16)14(17)9-11/h2-10H,1H3. The van der Waals surface area contributed by atoms with Gasteiger partial charge in [-0.05, 0) is 37.3 Å². The largest absolute Gasteiger partial charge is 0.293 e. The zero-order valence-electron chi connectivity index (χ0n) is 10.3. The lowest BCUT2D eigenvalue weighted by atomic mass is 10.1. The van der Waals surface area contributed by atoms with E-state index in [1.54, 1.807) is 6.92 Å². The van der Waals surface area contributed by atoms with Crippen molar-refractivity contribution in [2.75, 3.05) is 0 Å². The van der Waals surface area contributed by atoms with Crippen molar-refractivity contribution in [3.63, 3.8) is 0 Å². The molecule has 0 heterocycles. The quantitative estimate of drug-likeness (QED) is 0.611. The summed E-state index contributed by atoms with van der Waals surface area (Å²) in [4.78, 5) is 13.1. The number of carbonyl (C=O) groups excluding carboxylic acids is 1. The highest BCUT2D eigenvalue weighted by Crippen LogP contribution is 2.25. The average molecular weight is 278 g/mol. The van der Waals surface area contributed by atoms with E-state index in [9.17, 15) is 13.6 Å². The third-order valence-corrected chi connectivity index (χ3v) is 3.74. The molecule has 0 amide bonds. The number of halogens is 2. The molecule has 0 aromatic heterocycles. The summed E-state index contributed by atoms with van der Waals surface area (Å²) in [6.07, 6.45) is 0. The molecule has 0 aliphatic heterocycles. The lowest BCUT2D eigenvalue weighted by molar-refractivity contribution is 0.0993. The Labute approximate surface area is 114 Å². The maximum atomic E-state index is 13.1. The van der Waals surface area contributed by atoms with E-state index in [1.807, 2.05) is 30.3 Å². The topological polar surface area (TPSA) is 17.1 Å². The highest BCUT2D eigenvalue weighted by atomic mass is 32.2. The zero-order valence-corrected chi connectivity index (χ0v) is 11.1. The van der Waals surface area contributed by atoms with Gasteiger partial charge < -0.3 is 0 Å². The van der Waals surface area contributed by atoms with Crippen molar-refractivity contribution in [1.82, 2.24) is 0 Å². The Morgan fingerprint density at radius 3 is 2.37 bits per heavy atom. The number of thioether (sulfide) groups is 1. The number of benzene rings is 2. The summed E-state index contributed by atoms with van der Waals surface area (Å²) in [5.41, 5.74) is 0.190. The van der Waals surface area contributed by atoms with Crippen molar-refractivity contribution in [1.29, 1.82) is 0 Å². The molecule has 0 aliphatic carbocycles. The summed E-state index contributed by atoms with van der Waals surface area (Å²) in [6.45, 7) is 1.75. The van der Waals surface area contributed by atoms with Crippen LogP contribution in [0.3, 0.4) is 0 Å². The molecule has 0 fully saturated rings. The maximum Gasteiger partial charge on any atom is 0.175 e. The molecular formula is C15H12F2OS. The lowest BCUT2D eigenvalue weighted by Crippen LogP contribution is -2.13. The monoisotopic (exact) mass is 278 g/mol. The second-order valence-corrected chi connectivity index (χ2v) is 5.48. The molecule has 0 saturated carbocycles. The molecule has 0 aliphatic rings. The van der Waals surface area contributed by atoms with Gasteiger partial charge in [0.1, 0.15) is 0 Å². The molecule has 1 atom stereocenters. The van der Waals surface area contributed by atoms with Gasteiger partial charge in [-0.1, -0.05) is 18.2 Å². The molecule has 0 saturated heterocycles. The van der Waals surface area contributed by atoms with Gasteiger partial charge in [0.25, 0.3) is 0 Å². The third kappa shape index (κ3) is 3.41. The van der Waals surface area contributed by atoms with Gasteiger partial charge in [0.15, 0.2) is 17.4 Å². The Morgan fingerprint density at radius 2 is 1.74 bits per heavy atom. The molecule has 1 unspecified atom stereocenters. The van der Waals surface area contributed by atoms with Crippen molar-refractivity contribution in [2.45, 2.75) is 17.1 Å². The Balaban J connectivity index is 2.12. The molecule has 0 bridgehead atoms. The van der Waals surface area contributed by atoms with Gasteiger partial charge in [0.2, 0.25) is 0 Å². The van der Waals surface area contributed by atoms with E-state index in [-0.39, 0.29) is 16.6 Å². The first-order valence-corrected chi connectivity index (χ1v) is 6.67. The minimum Gasteiger partial charge on any atom is -0.293 e. The number of hydrogen-bond donors (Lipinski definition) is 0. The Bertz CT molecular complexity index is 584. The van der Waals surface area contributed by atoms with E-state index < -0.39 is 11.6 Å². The number of ketones is 1. The van der Waals surface area contributed by atoms with Gasteiger partial charge in [-0.25, -0.2) is 8.78 Å². The molecule has 1 nitrogen and oxygen atoms in total. The number of hydrogen-bond acceptors (Lipinski definition) is 2. The molecule has 0 spiro atoms. The summed E-state index contributed by atoms with van der Waals surface area (Å²) in [7, 11) is 0. The summed E-state index contributed by atoms with van der Waals surface area (Å²) >= 11 is 1.39. The Hall–Kier alpha value is -1.68. The van der Waals surface area contributed by atoms with E-state index >= 15 is 0 Å². The Morgan fingerprint density at radius 1 is 1.05 bits per heavy atom. The minimum absolute atomic E-state index is 0.190. The van der Waals surface area contributed by atoms with Crippen LogP contribution in [0.1, 0.15) is 17.3 Å². The van der Waals surface area contributed by atoms with Gasteiger partial charge in [-0.15, -0.1) is 11.8 Å². The van der Waals surface area contributed by atoms with E-state index in [0.717, 1.165) is 17.0 Å². The molecule has 4 heteroatoms. The van der Waals surface area contributed by atoms with E-state index in [0.29, 0.717) is 0 Å². The van der Waals surface area contributed by atoms with Crippen molar-refractivity contribution >= 4 is 17.5 Å². The molecule has 0 radical (unpaired) electrons. The van der Waals surface area contributed by atoms with Gasteiger partial charge >= 0.3 is 0 Å². The fourth-order valence-electron chi connectivity index (χ4n) is 1.64. The van der Waals surface area contributed by atoms with Crippen LogP contribution in [-0.4, -0.2) is 11.0 Å². The average Bonchev–Trinajstić information content (AvgIpc) is 2.42. The highest BCUT2D eigenvalue weighted by Gasteiger charge is 2.17. The summed E-state index contributed by atoms with van der Waals surface area (Å²) in [6, 6.07) is 12.7. The van der Waals surface area contributed by atoms with Gasteiger partial charge in [0, 0.05) is 10.5 Å². The first-order chi connectivity index (χ1) is 9.08. The fraction of sp³-hybridized carbons (Fsp3) is 0.133. The van der Waals surface area contributed by atoms with Crippen LogP contribution in [0, 0.1) is 11.6 Å². The highest BCUT2D eigenvalue weighted by molar-refractivity contribution is 8.00. The minimum atomic E-state index is -0.997. The Kier molecular flexibility index (Phi) is 4.32. The van der Waals surface area contributed by atoms with E-state index in [1.165, 1.54) is 17.8 Å². The fourth-order valence-corrected chi connectivity index (χ4v) is 2.61. The molecule has 2 rings (SSSR count). The predicted octanol–water partition coefficient (Wildman–Crippen LogP) is 4.33. The molecule has 98 valence electrons. The molecule has 2 aromatic rings. The van der Waals surface area contributed by atoms with Crippen LogP contribution in [0.2, 0.25) is 0 Å². The summed E-state index contributed by atoms with van der Waals surface area (Å²) in [5.74, 6) is -2.16. The predicted molar refractivity (Wildman–Crippen MR) is 72.4 cm³/mol. The third-order valence-electron chi connectivity index (χ3n) is 2.63. The maximum absolute atomic E-state index is 13.1.